The molecule has 1 aliphatic rings. The van der Waals surface area contributed by atoms with Gasteiger partial charge in [-0.25, -0.2) is 9.97 Å². The van der Waals surface area contributed by atoms with E-state index in [1.165, 1.54) is 55.4 Å². The molecule has 0 radical (unpaired) electrons. The van der Waals surface area contributed by atoms with Crippen molar-refractivity contribution in [1.82, 2.24) is 24.0 Å². The Morgan fingerprint density at radius 3 is 2.74 bits per heavy atom. The summed E-state index contributed by atoms with van der Waals surface area (Å²) in [6, 6.07) is 10.5. The number of ether oxygens (including phenoxy) is 1. The summed E-state index contributed by atoms with van der Waals surface area (Å²) >= 11 is 1.70. The van der Waals surface area contributed by atoms with Crippen LogP contribution < -0.4 is 4.74 Å². The summed E-state index contributed by atoms with van der Waals surface area (Å²) in [6.07, 6.45) is 11.5. The van der Waals surface area contributed by atoms with Crippen LogP contribution in [0.15, 0.2) is 54.3 Å². The number of hydrogen-bond acceptors (Lipinski definition) is 5. The summed E-state index contributed by atoms with van der Waals surface area (Å²) in [5, 5.41) is 5.53. The van der Waals surface area contributed by atoms with E-state index < -0.39 is 0 Å². The Kier molecular flexibility index (Phi) is 6.04. The third kappa shape index (κ3) is 4.23. The highest BCUT2D eigenvalue weighted by Gasteiger charge is 2.18. The van der Waals surface area contributed by atoms with Gasteiger partial charge in [0, 0.05) is 65.0 Å². The highest BCUT2D eigenvalue weighted by atomic mass is 32.1. The van der Waals surface area contributed by atoms with Gasteiger partial charge >= 0.3 is 0 Å². The van der Waals surface area contributed by atoms with Crippen molar-refractivity contribution in [2.24, 2.45) is 7.05 Å². The predicted molar refractivity (Wildman–Crippen MR) is 144 cm³/mol. The first kappa shape index (κ1) is 22.3. The van der Waals surface area contributed by atoms with Crippen molar-refractivity contribution in [2.75, 3.05) is 26.7 Å². The quantitative estimate of drug-likeness (QED) is 0.275. The maximum Gasteiger partial charge on any atom is 0.140 e. The fourth-order valence-electron chi connectivity index (χ4n) is 5.34. The van der Waals surface area contributed by atoms with Crippen molar-refractivity contribution in [3.05, 3.63) is 54.3 Å². The average Bonchev–Trinajstić information content (AvgIpc) is 3.61. The minimum absolute atomic E-state index is 0.877. The molecular weight excluding hydrogens is 454 g/mol. The maximum absolute atomic E-state index is 5.57. The van der Waals surface area contributed by atoms with Crippen LogP contribution in [0.2, 0.25) is 0 Å². The first-order valence-corrected chi connectivity index (χ1v) is 13.3. The number of methoxy groups -OCH3 is 1. The number of likely N-dealkylation sites (tertiary alicyclic amines) is 1. The molecule has 0 amide bonds. The van der Waals surface area contributed by atoms with E-state index in [9.17, 15) is 0 Å². The zero-order valence-electron chi connectivity index (χ0n) is 20.4. The molecule has 35 heavy (non-hydrogen) atoms. The highest BCUT2D eigenvalue weighted by molar-refractivity contribution is 7.13. The van der Waals surface area contributed by atoms with Crippen LogP contribution in [0.3, 0.4) is 0 Å². The fraction of sp³-hybridized carbons (Fsp3) is 0.357. The van der Waals surface area contributed by atoms with Crippen LogP contribution in [-0.2, 0) is 13.6 Å². The minimum Gasteiger partial charge on any atom is -0.497 e. The maximum atomic E-state index is 5.57. The van der Waals surface area contributed by atoms with E-state index in [1.807, 2.05) is 19.3 Å². The van der Waals surface area contributed by atoms with Crippen LogP contribution in [0.5, 0.6) is 5.75 Å². The molecule has 0 saturated carbocycles. The molecule has 0 N–H and O–H groups in total. The number of piperidine rings is 1. The Hall–Kier alpha value is -3.16. The van der Waals surface area contributed by atoms with Gasteiger partial charge in [0.15, 0.2) is 0 Å². The van der Waals surface area contributed by atoms with Gasteiger partial charge in [-0.05, 0) is 69.2 Å². The van der Waals surface area contributed by atoms with Crippen LogP contribution in [-0.4, -0.2) is 50.7 Å². The summed E-state index contributed by atoms with van der Waals surface area (Å²) in [6.45, 7) is 4.68. The fourth-order valence-corrected chi connectivity index (χ4v) is 6.19. The number of pyridine rings is 1. The van der Waals surface area contributed by atoms with Crippen molar-refractivity contribution in [1.29, 1.82) is 0 Å². The topological polar surface area (TPSA) is 48.1 Å². The lowest BCUT2D eigenvalue weighted by Gasteiger charge is -2.26. The van der Waals surface area contributed by atoms with E-state index in [0.717, 1.165) is 46.0 Å². The van der Waals surface area contributed by atoms with Crippen LogP contribution >= 0.6 is 11.3 Å². The Morgan fingerprint density at radius 1 is 1.00 bits per heavy atom. The second-order valence-electron chi connectivity index (χ2n) is 9.44. The number of hydrogen-bond donors (Lipinski definition) is 0. The number of rotatable bonds is 7. The molecule has 1 aliphatic heterocycles. The zero-order valence-corrected chi connectivity index (χ0v) is 21.2. The molecule has 0 unspecified atom stereocenters. The molecule has 1 aromatic carbocycles. The van der Waals surface area contributed by atoms with E-state index in [4.69, 9.17) is 9.72 Å². The monoisotopic (exact) mass is 485 g/mol. The Balaban J connectivity index is 1.34. The van der Waals surface area contributed by atoms with Crippen molar-refractivity contribution in [3.8, 4) is 27.6 Å². The van der Waals surface area contributed by atoms with Crippen molar-refractivity contribution in [3.63, 3.8) is 0 Å². The predicted octanol–water partition coefficient (Wildman–Crippen LogP) is 6.20. The largest absolute Gasteiger partial charge is 0.497 e. The summed E-state index contributed by atoms with van der Waals surface area (Å²) < 4.78 is 10.0. The Bertz CT molecular complexity index is 1470. The molecule has 0 spiro atoms. The third-order valence-corrected chi connectivity index (χ3v) is 8.03. The van der Waals surface area contributed by atoms with E-state index in [2.05, 4.69) is 61.1 Å². The lowest BCUT2D eigenvalue weighted by Crippen LogP contribution is -2.31. The molecule has 0 aliphatic carbocycles. The molecular formula is C28H31N5OS. The van der Waals surface area contributed by atoms with Crippen LogP contribution in [0.25, 0.3) is 43.8 Å². The van der Waals surface area contributed by atoms with Gasteiger partial charge in [0.1, 0.15) is 16.4 Å². The SMILES string of the molecule is COc1ccc2c(c1)c(-c1nc(-c3cn(C)c4ncccc34)cs1)cn2CCCN1CCCCC1. The second kappa shape index (κ2) is 9.47. The molecule has 7 heteroatoms. The van der Waals surface area contributed by atoms with Gasteiger partial charge in [-0.3, -0.25) is 0 Å². The average molecular weight is 486 g/mol. The van der Waals surface area contributed by atoms with E-state index in [0.29, 0.717) is 0 Å². The minimum atomic E-state index is 0.877. The summed E-state index contributed by atoms with van der Waals surface area (Å²) in [4.78, 5) is 12.3. The molecule has 180 valence electrons. The Morgan fingerprint density at radius 2 is 1.89 bits per heavy atom. The normalized spacial score (nSPS) is 14.8. The number of thiazole rings is 1. The summed E-state index contributed by atoms with van der Waals surface area (Å²) in [7, 11) is 3.77. The molecule has 6 nitrogen and oxygen atoms in total. The van der Waals surface area contributed by atoms with Crippen molar-refractivity contribution < 1.29 is 4.74 Å². The van der Waals surface area contributed by atoms with Gasteiger partial charge < -0.3 is 18.8 Å². The number of benzene rings is 1. The van der Waals surface area contributed by atoms with Crippen molar-refractivity contribution >= 4 is 33.3 Å². The molecule has 1 saturated heterocycles. The summed E-state index contributed by atoms with van der Waals surface area (Å²) in [5.74, 6) is 0.877. The van der Waals surface area contributed by atoms with Crippen LogP contribution in [0.4, 0.5) is 0 Å². The zero-order chi connectivity index (χ0) is 23.8. The lowest BCUT2D eigenvalue weighted by molar-refractivity contribution is 0.223. The van der Waals surface area contributed by atoms with Crippen molar-refractivity contribution in [2.45, 2.75) is 32.2 Å². The number of fused-ring (bicyclic) bond motifs is 2. The van der Waals surface area contributed by atoms with Gasteiger partial charge in [-0.2, -0.15) is 0 Å². The molecule has 0 atom stereocenters. The first-order chi connectivity index (χ1) is 17.2. The van der Waals surface area contributed by atoms with Crippen LogP contribution in [0.1, 0.15) is 25.7 Å². The van der Waals surface area contributed by atoms with Crippen LogP contribution in [0, 0.1) is 0 Å². The highest BCUT2D eigenvalue weighted by Crippen LogP contribution is 2.38. The van der Waals surface area contributed by atoms with Gasteiger partial charge in [0.05, 0.1) is 12.8 Å². The van der Waals surface area contributed by atoms with Gasteiger partial charge in [0.25, 0.3) is 0 Å². The second-order valence-corrected chi connectivity index (χ2v) is 10.3. The molecule has 5 heterocycles. The number of nitrogens with zero attached hydrogens (tertiary/aromatic N) is 5. The molecule has 1 fully saturated rings. The van der Waals surface area contributed by atoms with Gasteiger partial charge in [-0.15, -0.1) is 11.3 Å². The first-order valence-electron chi connectivity index (χ1n) is 12.5. The van der Waals surface area contributed by atoms with E-state index >= 15 is 0 Å². The summed E-state index contributed by atoms with van der Waals surface area (Å²) in [5.41, 5.74) is 5.52. The van der Waals surface area contributed by atoms with Gasteiger partial charge in [-0.1, -0.05) is 6.42 Å². The third-order valence-electron chi connectivity index (χ3n) is 7.15. The van der Waals surface area contributed by atoms with Gasteiger partial charge in [0.2, 0.25) is 0 Å². The lowest BCUT2D eigenvalue weighted by atomic mass is 10.1. The molecule has 5 aromatic rings. The molecule has 0 bridgehead atoms. The Labute approximate surface area is 209 Å². The number of aryl methyl sites for hydroxylation is 2. The molecule has 4 aromatic heterocycles. The standard InChI is InChI=1S/C28H31N5OS/c1-31-17-23(21-8-6-11-29-27(21)31)25-19-35-28(30-25)24-18-33(15-7-14-32-12-4-3-5-13-32)26-10-9-20(34-2)16-22(24)26/h6,8-11,16-19H,3-5,7,12-15H2,1-2H3. The smallest absolute Gasteiger partial charge is 0.140 e. The van der Waals surface area contributed by atoms with E-state index in [-0.39, 0.29) is 0 Å². The molecule has 6 rings (SSSR count). The number of aromatic nitrogens is 4. The van der Waals surface area contributed by atoms with E-state index in [1.54, 1.807) is 18.4 Å².